The Hall–Kier alpha value is -1.30. The van der Waals surface area contributed by atoms with Crippen molar-refractivity contribution in [2.45, 2.75) is 13.1 Å². The van der Waals surface area contributed by atoms with E-state index in [9.17, 15) is 18.0 Å². The number of nitrogens with zero attached hydrogens (tertiary/aromatic N) is 1. The summed E-state index contributed by atoms with van der Waals surface area (Å²) < 4.78 is 41.8. The molecule has 7 heteroatoms. The van der Waals surface area contributed by atoms with Crippen LogP contribution in [0.4, 0.5) is 13.2 Å². The van der Waals surface area contributed by atoms with E-state index in [0.717, 1.165) is 13.2 Å². The fourth-order valence-corrected chi connectivity index (χ4v) is 1.41. The number of hydrogen-bond donors (Lipinski definition) is 0. The molecule has 0 atom stereocenters. The Morgan fingerprint density at radius 1 is 1.50 bits per heavy atom. The average molecular weight is 254 g/mol. The van der Waals surface area contributed by atoms with Gasteiger partial charge in [-0.2, -0.15) is 13.2 Å². The van der Waals surface area contributed by atoms with Crippen molar-refractivity contribution in [2.24, 2.45) is 0 Å². The van der Waals surface area contributed by atoms with Crippen molar-refractivity contribution in [3.05, 3.63) is 22.9 Å². The molecular weight excluding hydrogens is 247 g/mol. The summed E-state index contributed by atoms with van der Waals surface area (Å²) in [6.45, 7) is 1.33. The van der Waals surface area contributed by atoms with Crippen molar-refractivity contribution < 1.29 is 22.7 Å². The average Bonchev–Trinajstić information content (AvgIpc) is 2.14. The molecule has 0 unspecified atom stereocenters. The van der Waals surface area contributed by atoms with Gasteiger partial charge < -0.3 is 4.74 Å². The van der Waals surface area contributed by atoms with Crippen molar-refractivity contribution in [1.29, 1.82) is 0 Å². The number of pyridine rings is 1. The molecule has 0 saturated heterocycles. The van der Waals surface area contributed by atoms with Crippen LogP contribution in [0, 0.1) is 6.92 Å². The van der Waals surface area contributed by atoms with Crippen LogP contribution >= 0.6 is 11.6 Å². The van der Waals surface area contributed by atoms with E-state index in [2.05, 4.69) is 9.72 Å². The van der Waals surface area contributed by atoms with Crippen LogP contribution in [-0.2, 0) is 6.18 Å². The standard InChI is InChI=1S/C9H7ClF3NO2/c1-4-3-5(9(11,12)13)14-8(16-2)6(4)7(10)15/h3H,1-2H3. The topological polar surface area (TPSA) is 39.2 Å². The summed E-state index contributed by atoms with van der Waals surface area (Å²) in [7, 11) is 1.12. The van der Waals surface area contributed by atoms with E-state index in [1.54, 1.807) is 0 Å². The second-order valence-electron chi connectivity index (χ2n) is 2.98. The quantitative estimate of drug-likeness (QED) is 0.761. The molecular formula is C9H7ClF3NO2. The Labute approximate surface area is 94.2 Å². The van der Waals surface area contributed by atoms with Crippen molar-refractivity contribution in [2.75, 3.05) is 7.11 Å². The monoisotopic (exact) mass is 253 g/mol. The molecule has 0 aromatic carbocycles. The fourth-order valence-electron chi connectivity index (χ4n) is 1.18. The zero-order valence-corrected chi connectivity index (χ0v) is 9.11. The molecule has 16 heavy (non-hydrogen) atoms. The third kappa shape index (κ3) is 2.44. The van der Waals surface area contributed by atoms with Crippen LogP contribution in [0.2, 0.25) is 0 Å². The van der Waals surface area contributed by atoms with Crippen molar-refractivity contribution in [1.82, 2.24) is 4.98 Å². The Kier molecular flexibility index (Phi) is 3.42. The second-order valence-corrected chi connectivity index (χ2v) is 3.32. The van der Waals surface area contributed by atoms with Gasteiger partial charge in [-0.05, 0) is 30.2 Å². The predicted octanol–water partition coefficient (Wildman–Crippen LogP) is 2.80. The number of hydrogen-bond acceptors (Lipinski definition) is 3. The molecule has 0 saturated carbocycles. The smallest absolute Gasteiger partial charge is 0.433 e. The summed E-state index contributed by atoms with van der Waals surface area (Å²) in [4.78, 5) is 14.2. The van der Waals surface area contributed by atoms with E-state index in [-0.39, 0.29) is 11.1 Å². The molecule has 0 fully saturated rings. The second kappa shape index (κ2) is 4.29. The lowest BCUT2D eigenvalue weighted by Gasteiger charge is -2.11. The van der Waals surface area contributed by atoms with E-state index < -0.39 is 23.0 Å². The number of aryl methyl sites for hydroxylation is 1. The number of carbonyl (C=O) groups excluding carboxylic acids is 1. The first-order chi connectivity index (χ1) is 7.27. The highest BCUT2D eigenvalue weighted by Gasteiger charge is 2.34. The van der Waals surface area contributed by atoms with E-state index >= 15 is 0 Å². The summed E-state index contributed by atoms with van der Waals surface area (Å²) in [5, 5.41) is -0.907. The van der Waals surface area contributed by atoms with Gasteiger partial charge in [0.2, 0.25) is 5.88 Å². The van der Waals surface area contributed by atoms with Gasteiger partial charge in [0, 0.05) is 0 Å². The Morgan fingerprint density at radius 2 is 2.06 bits per heavy atom. The number of rotatable bonds is 2. The summed E-state index contributed by atoms with van der Waals surface area (Å²) in [5.41, 5.74) is -1.21. The van der Waals surface area contributed by atoms with Crippen LogP contribution in [0.25, 0.3) is 0 Å². The summed E-state index contributed by atoms with van der Waals surface area (Å²) in [6.07, 6.45) is -4.59. The zero-order valence-electron chi connectivity index (χ0n) is 8.35. The molecule has 0 radical (unpaired) electrons. The molecule has 0 spiro atoms. The Morgan fingerprint density at radius 3 is 2.44 bits per heavy atom. The van der Waals surface area contributed by atoms with Gasteiger partial charge in [-0.3, -0.25) is 4.79 Å². The van der Waals surface area contributed by atoms with Gasteiger partial charge in [-0.15, -0.1) is 0 Å². The van der Waals surface area contributed by atoms with Gasteiger partial charge in [-0.25, -0.2) is 4.98 Å². The third-order valence-corrected chi connectivity index (χ3v) is 2.05. The van der Waals surface area contributed by atoms with Crippen LogP contribution in [0.15, 0.2) is 6.07 Å². The minimum Gasteiger partial charge on any atom is -0.480 e. The highest BCUT2D eigenvalue weighted by Crippen LogP contribution is 2.32. The molecule has 1 aromatic rings. The molecule has 88 valence electrons. The largest absolute Gasteiger partial charge is 0.480 e. The van der Waals surface area contributed by atoms with Gasteiger partial charge in [-0.1, -0.05) is 0 Å². The van der Waals surface area contributed by atoms with Crippen LogP contribution in [0.1, 0.15) is 21.6 Å². The van der Waals surface area contributed by atoms with Gasteiger partial charge in [0.15, 0.2) is 0 Å². The first kappa shape index (κ1) is 12.8. The summed E-state index contributed by atoms with van der Waals surface area (Å²) >= 11 is 5.22. The van der Waals surface area contributed by atoms with Gasteiger partial charge in [0.25, 0.3) is 5.24 Å². The summed E-state index contributed by atoms with van der Waals surface area (Å²) in [6, 6.07) is 0.748. The first-order valence-corrected chi connectivity index (χ1v) is 4.47. The Bertz CT molecular complexity index is 431. The predicted molar refractivity (Wildman–Crippen MR) is 50.7 cm³/mol. The number of aromatic nitrogens is 1. The van der Waals surface area contributed by atoms with Crippen LogP contribution in [0.5, 0.6) is 5.88 Å². The normalized spacial score (nSPS) is 11.4. The molecule has 0 N–H and O–H groups in total. The van der Waals surface area contributed by atoms with E-state index in [1.165, 1.54) is 6.92 Å². The first-order valence-electron chi connectivity index (χ1n) is 4.10. The number of carbonyl (C=O) groups is 1. The lowest BCUT2D eigenvalue weighted by atomic mass is 10.1. The molecule has 1 heterocycles. The molecule has 3 nitrogen and oxygen atoms in total. The highest BCUT2D eigenvalue weighted by atomic mass is 35.5. The summed E-state index contributed by atoms with van der Waals surface area (Å²) in [5.74, 6) is -0.424. The maximum absolute atomic E-state index is 12.4. The number of methoxy groups -OCH3 is 1. The van der Waals surface area contributed by atoms with Crippen molar-refractivity contribution in [3.8, 4) is 5.88 Å². The lowest BCUT2D eigenvalue weighted by Crippen LogP contribution is -2.12. The third-order valence-electron chi connectivity index (χ3n) is 1.86. The number of alkyl halides is 3. The highest BCUT2D eigenvalue weighted by molar-refractivity contribution is 6.68. The molecule has 1 rings (SSSR count). The SMILES string of the molecule is COc1nc(C(F)(F)F)cc(C)c1C(=O)Cl. The van der Waals surface area contributed by atoms with E-state index in [1.807, 2.05) is 0 Å². The van der Waals surface area contributed by atoms with Crippen molar-refractivity contribution >= 4 is 16.8 Å². The maximum atomic E-state index is 12.4. The minimum atomic E-state index is -4.59. The van der Waals surface area contributed by atoms with Gasteiger partial charge in [0.05, 0.1) is 12.7 Å². The van der Waals surface area contributed by atoms with Gasteiger partial charge in [0.1, 0.15) is 5.69 Å². The van der Waals surface area contributed by atoms with Gasteiger partial charge >= 0.3 is 6.18 Å². The lowest BCUT2D eigenvalue weighted by molar-refractivity contribution is -0.141. The number of ether oxygens (including phenoxy) is 1. The molecule has 0 aliphatic rings. The molecule has 0 bridgehead atoms. The van der Waals surface area contributed by atoms with Crippen molar-refractivity contribution in [3.63, 3.8) is 0 Å². The van der Waals surface area contributed by atoms with E-state index in [4.69, 9.17) is 11.6 Å². The number of halogens is 4. The van der Waals surface area contributed by atoms with Crippen LogP contribution < -0.4 is 4.74 Å². The molecule has 0 amide bonds. The Balaban J connectivity index is 3.44. The fraction of sp³-hybridized carbons (Fsp3) is 0.333. The van der Waals surface area contributed by atoms with Crippen LogP contribution in [-0.4, -0.2) is 17.3 Å². The van der Waals surface area contributed by atoms with Crippen LogP contribution in [0.3, 0.4) is 0 Å². The molecule has 0 aliphatic carbocycles. The zero-order chi connectivity index (χ0) is 12.5. The minimum absolute atomic E-state index is 0.0687. The van der Waals surface area contributed by atoms with E-state index in [0.29, 0.717) is 0 Å². The molecule has 1 aromatic heterocycles. The molecule has 0 aliphatic heterocycles. The maximum Gasteiger partial charge on any atom is 0.433 e.